The summed E-state index contributed by atoms with van der Waals surface area (Å²) in [6.45, 7) is 4.23. The largest absolute Gasteiger partial charge is 0.276 e. The Kier molecular flexibility index (Phi) is 4.36. The highest BCUT2D eigenvalue weighted by Gasteiger charge is 2.17. The smallest absolute Gasteiger partial charge is 0.234 e. The first-order valence-electron chi connectivity index (χ1n) is 5.31. The normalized spacial score (nSPS) is 10.8. The summed E-state index contributed by atoms with van der Waals surface area (Å²) in [5, 5.41) is 0. The zero-order valence-corrected chi connectivity index (χ0v) is 8.94. The molecule has 0 fully saturated rings. The summed E-state index contributed by atoms with van der Waals surface area (Å²) in [7, 11) is 0. The lowest BCUT2D eigenvalue weighted by molar-refractivity contribution is 0.0817. The molecule has 0 aliphatic carbocycles. The zero-order valence-electron chi connectivity index (χ0n) is 8.94. The van der Waals surface area contributed by atoms with Crippen LogP contribution in [0.1, 0.15) is 44.3 Å². The van der Waals surface area contributed by atoms with Crippen LogP contribution >= 0.6 is 0 Å². The fraction of sp³-hybridized carbons (Fsp3) is 0.636. The Morgan fingerprint density at radius 3 is 2.43 bits per heavy atom. The molecule has 0 spiro atoms. The van der Waals surface area contributed by atoms with E-state index >= 15 is 0 Å². The van der Waals surface area contributed by atoms with Gasteiger partial charge in [-0.15, -0.1) is 0 Å². The Balaban J connectivity index is 2.63. The molecule has 1 aromatic heterocycles. The zero-order chi connectivity index (χ0) is 10.4. The summed E-state index contributed by atoms with van der Waals surface area (Å²) < 4.78 is 1.59. The number of hydrogen-bond donors (Lipinski definition) is 0. The molecule has 0 unspecified atom stereocenters. The summed E-state index contributed by atoms with van der Waals surface area (Å²) in [5.74, 6) is 0.352. The highest BCUT2D eigenvalue weighted by molar-refractivity contribution is 5.81. The molecule has 3 nitrogen and oxygen atoms in total. The molecule has 0 amide bonds. The van der Waals surface area contributed by atoms with Crippen LogP contribution in [0.3, 0.4) is 0 Å². The molecule has 3 heteroatoms. The van der Waals surface area contributed by atoms with Crippen LogP contribution in [0.4, 0.5) is 0 Å². The number of carbonyl (C=O) groups excluding carboxylic acids is 1. The quantitative estimate of drug-likeness (QED) is 0.722. The van der Waals surface area contributed by atoms with E-state index in [0.717, 1.165) is 25.7 Å². The van der Waals surface area contributed by atoms with Gasteiger partial charge in [0.2, 0.25) is 5.91 Å². The van der Waals surface area contributed by atoms with Crippen molar-refractivity contribution in [2.45, 2.75) is 39.5 Å². The fourth-order valence-corrected chi connectivity index (χ4v) is 1.69. The van der Waals surface area contributed by atoms with Crippen LogP contribution in [0.25, 0.3) is 0 Å². The first kappa shape index (κ1) is 11.0. The lowest BCUT2D eigenvalue weighted by Gasteiger charge is -2.13. The number of imidazole rings is 1. The molecule has 0 saturated heterocycles. The maximum absolute atomic E-state index is 11.9. The van der Waals surface area contributed by atoms with Crippen LogP contribution in [-0.4, -0.2) is 15.5 Å². The van der Waals surface area contributed by atoms with Crippen molar-refractivity contribution in [2.75, 3.05) is 0 Å². The van der Waals surface area contributed by atoms with E-state index in [4.69, 9.17) is 0 Å². The van der Waals surface area contributed by atoms with Gasteiger partial charge in [-0.3, -0.25) is 9.36 Å². The minimum atomic E-state index is 0.166. The predicted octanol–water partition coefficient (Wildman–Crippen LogP) is 2.74. The third-order valence-electron chi connectivity index (χ3n) is 2.38. The molecule has 14 heavy (non-hydrogen) atoms. The van der Waals surface area contributed by atoms with Crippen LogP contribution in [0.15, 0.2) is 18.7 Å². The topological polar surface area (TPSA) is 34.9 Å². The number of rotatable bonds is 5. The summed E-state index contributed by atoms with van der Waals surface area (Å²) in [4.78, 5) is 15.8. The van der Waals surface area contributed by atoms with Crippen molar-refractivity contribution in [3.8, 4) is 0 Å². The molecule has 0 N–H and O–H groups in total. The Labute approximate surface area is 85.2 Å². The number of aromatic nitrogens is 2. The van der Waals surface area contributed by atoms with Crippen LogP contribution in [0, 0.1) is 5.92 Å². The second-order valence-corrected chi connectivity index (χ2v) is 3.58. The summed E-state index contributed by atoms with van der Waals surface area (Å²) in [5.41, 5.74) is 0. The van der Waals surface area contributed by atoms with Crippen molar-refractivity contribution in [2.24, 2.45) is 5.92 Å². The lowest BCUT2D eigenvalue weighted by Crippen LogP contribution is -2.20. The SMILES string of the molecule is CCCC(CCC)C(=O)n1ccnc1. The molecule has 78 valence electrons. The first-order valence-corrected chi connectivity index (χ1v) is 5.31. The molecular formula is C11H18N2O. The van der Waals surface area contributed by atoms with E-state index in [1.165, 1.54) is 0 Å². The minimum absolute atomic E-state index is 0.166. The number of nitrogens with zero attached hydrogens (tertiary/aromatic N) is 2. The van der Waals surface area contributed by atoms with E-state index in [1.807, 2.05) is 0 Å². The highest BCUT2D eigenvalue weighted by Crippen LogP contribution is 2.15. The molecule has 0 aromatic carbocycles. The van der Waals surface area contributed by atoms with Gasteiger partial charge in [0, 0.05) is 18.3 Å². The molecule has 0 radical (unpaired) electrons. The van der Waals surface area contributed by atoms with Gasteiger partial charge in [-0.25, -0.2) is 4.98 Å². The van der Waals surface area contributed by atoms with E-state index in [9.17, 15) is 4.79 Å². The van der Waals surface area contributed by atoms with Crippen molar-refractivity contribution in [1.82, 2.24) is 9.55 Å². The van der Waals surface area contributed by atoms with Crippen molar-refractivity contribution >= 4 is 5.91 Å². The van der Waals surface area contributed by atoms with Crippen molar-refractivity contribution in [3.63, 3.8) is 0 Å². The van der Waals surface area contributed by atoms with E-state index in [1.54, 1.807) is 23.3 Å². The second-order valence-electron chi connectivity index (χ2n) is 3.58. The second kappa shape index (κ2) is 5.58. The van der Waals surface area contributed by atoms with Crippen LogP contribution in [-0.2, 0) is 0 Å². The highest BCUT2D eigenvalue weighted by atomic mass is 16.2. The van der Waals surface area contributed by atoms with E-state index in [2.05, 4.69) is 18.8 Å². The Morgan fingerprint density at radius 2 is 2.00 bits per heavy atom. The van der Waals surface area contributed by atoms with Gasteiger partial charge in [0.25, 0.3) is 0 Å². The van der Waals surface area contributed by atoms with Gasteiger partial charge in [0.05, 0.1) is 0 Å². The standard InChI is InChI=1S/C11H18N2O/c1-3-5-10(6-4-2)11(14)13-8-7-12-9-13/h7-10H,3-6H2,1-2H3. The van der Waals surface area contributed by atoms with Crippen molar-refractivity contribution in [1.29, 1.82) is 0 Å². The molecule has 1 aromatic rings. The summed E-state index contributed by atoms with van der Waals surface area (Å²) in [6.07, 6.45) is 9.03. The Morgan fingerprint density at radius 1 is 1.36 bits per heavy atom. The van der Waals surface area contributed by atoms with Gasteiger partial charge in [0.15, 0.2) is 0 Å². The Bertz CT molecular complexity index is 261. The van der Waals surface area contributed by atoms with Gasteiger partial charge in [-0.05, 0) is 12.8 Å². The molecule has 0 atom stereocenters. The molecule has 0 aliphatic rings. The van der Waals surface area contributed by atoms with E-state index < -0.39 is 0 Å². The van der Waals surface area contributed by atoms with E-state index in [0.29, 0.717) is 0 Å². The van der Waals surface area contributed by atoms with Gasteiger partial charge in [0.1, 0.15) is 6.33 Å². The summed E-state index contributed by atoms with van der Waals surface area (Å²) >= 11 is 0. The third-order valence-corrected chi connectivity index (χ3v) is 2.38. The average molecular weight is 194 g/mol. The van der Waals surface area contributed by atoms with Crippen LogP contribution in [0.5, 0.6) is 0 Å². The van der Waals surface area contributed by atoms with Gasteiger partial charge in [-0.1, -0.05) is 26.7 Å². The fourth-order valence-electron chi connectivity index (χ4n) is 1.69. The van der Waals surface area contributed by atoms with Crippen molar-refractivity contribution in [3.05, 3.63) is 18.7 Å². The minimum Gasteiger partial charge on any atom is -0.276 e. The lowest BCUT2D eigenvalue weighted by atomic mass is 9.97. The third kappa shape index (κ3) is 2.69. The first-order chi connectivity index (χ1) is 6.79. The van der Waals surface area contributed by atoms with Gasteiger partial charge >= 0.3 is 0 Å². The number of carbonyl (C=O) groups is 1. The molecule has 0 aliphatic heterocycles. The maximum atomic E-state index is 11.9. The molecule has 0 bridgehead atoms. The molecule has 1 heterocycles. The number of hydrogen-bond acceptors (Lipinski definition) is 2. The van der Waals surface area contributed by atoms with Crippen LogP contribution < -0.4 is 0 Å². The average Bonchev–Trinajstić information content (AvgIpc) is 2.69. The maximum Gasteiger partial charge on any atom is 0.234 e. The molecular weight excluding hydrogens is 176 g/mol. The van der Waals surface area contributed by atoms with Gasteiger partial charge in [-0.2, -0.15) is 0 Å². The van der Waals surface area contributed by atoms with Crippen LogP contribution in [0.2, 0.25) is 0 Å². The predicted molar refractivity (Wildman–Crippen MR) is 56.2 cm³/mol. The summed E-state index contributed by atoms with van der Waals surface area (Å²) in [6, 6.07) is 0. The van der Waals surface area contributed by atoms with Crippen molar-refractivity contribution < 1.29 is 4.79 Å². The Hall–Kier alpha value is -1.12. The molecule has 0 saturated carbocycles. The van der Waals surface area contributed by atoms with Gasteiger partial charge < -0.3 is 0 Å². The molecule has 1 rings (SSSR count). The van der Waals surface area contributed by atoms with E-state index in [-0.39, 0.29) is 11.8 Å². The monoisotopic (exact) mass is 194 g/mol.